The molecule has 0 N–H and O–H groups in total. The Kier molecular flexibility index (Phi) is 4.20. The van der Waals surface area contributed by atoms with Gasteiger partial charge < -0.3 is 0 Å². The second-order valence-corrected chi connectivity index (χ2v) is 7.99. The Hall–Kier alpha value is -2.66. The fourth-order valence-electron chi connectivity index (χ4n) is 4.41. The predicted molar refractivity (Wildman–Crippen MR) is 109 cm³/mol. The minimum atomic E-state index is -0.147. The van der Waals surface area contributed by atoms with Crippen LogP contribution in [-0.2, 0) is 12.0 Å². The molecule has 1 amide bonds. The van der Waals surface area contributed by atoms with Crippen LogP contribution in [0.1, 0.15) is 47.3 Å². The molecule has 0 bridgehead atoms. The summed E-state index contributed by atoms with van der Waals surface area (Å²) in [6.45, 7) is 1.52. The van der Waals surface area contributed by atoms with Crippen LogP contribution in [-0.4, -0.2) is 27.2 Å². The quantitative estimate of drug-likeness (QED) is 0.661. The van der Waals surface area contributed by atoms with Gasteiger partial charge in [-0.15, -0.1) is 0 Å². The summed E-state index contributed by atoms with van der Waals surface area (Å²) >= 11 is 6.55. The second kappa shape index (κ2) is 6.74. The number of halogens is 1. The molecule has 1 aliphatic carbocycles. The first-order valence-corrected chi connectivity index (χ1v) is 10.1. The number of rotatable bonds is 3. The van der Waals surface area contributed by atoms with Gasteiger partial charge in [-0.05, 0) is 43.0 Å². The maximum Gasteiger partial charge on any atom is 0.260 e. The molecule has 0 unspecified atom stereocenters. The molecule has 2 aromatic heterocycles. The topological polar surface area (TPSA) is 51.0 Å². The van der Waals surface area contributed by atoms with Gasteiger partial charge in [-0.3, -0.25) is 14.7 Å². The third-order valence-electron chi connectivity index (χ3n) is 6.03. The lowest BCUT2D eigenvalue weighted by molar-refractivity contribution is 0.0981. The van der Waals surface area contributed by atoms with E-state index in [0.717, 1.165) is 54.3 Å². The minimum Gasteiger partial charge on any atom is -0.293 e. The highest BCUT2D eigenvalue weighted by molar-refractivity contribution is 6.31. The predicted octanol–water partition coefficient (Wildman–Crippen LogP) is 4.45. The van der Waals surface area contributed by atoms with E-state index in [4.69, 9.17) is 16.7 Å². The number of pyridine rings is 1. The lowest BCUT2D eigenvalue weighted by atomic mass is 9.62. The Morgan fingerprint density at radius 3 is 2.64 bits per heavy atom. The zero-order chi connectivity index (χ0) is 19.1. The summed E-state index contributed by atoms with van der Waals surface area (Å²) < 4.78 is 1.98. The zero-order valence-corrected chi connectivity index (χ0v) is 16.3. The van der Waals surface area contributed by atoms with E-state index in [9.17, 15) is 4.79 Å². The molecule has 0 saturated heterocycles. The molecule has 1 aromatic carbocycles. The molecule has 5 rings (SSSR count). The number of hydrogen-bond acceptors (Lipinski definition) is 3. The van der Waals surface area contributed by atoms with Gasteiger partial charge in [0, 0.05) is 42.0 Å². The molecule has 5 nitrogen and oxygen atoms in total. The van der Waals surface area contributed by atoms with Crippen molar-refractivity contribution in [1.82, 2.24) is 14.8 Å². The van der Waals surface area contributed by atoms with Crippen LogP contribution in [0.15, 0.2) is 54.9 Å². The van der Waals surface area contributed by atoms with E-state index in [1.807, 2.05) is 33.8 Å². The molecule has 1 aliphatic heterocycles. The number of carbonyl (C=O) groups excluding carboxylic acids is 1. The van der Waals surface area contributed by atoms with E-state index in [2.05, 4.69) is 17.1 Å². The highest BCUT2D eigenvalue weighted by atomic mass is 35.5. The molecule has 3 aromatic rings. The summed E-state index contributed by atoms with van der Waals surface area (Å²) in [4.78, 5) is 19.0. The summed E-state index contributed by atoms with van der Waals surface area (Å²) in [7, 11) is 0. The Labute approximate surface area is 169 Å². The molecule has 1 saturated carbocycles. The Morgan fingerprint density at radius 1 is 1.07 bits per heavy atom. The SMILES string of the molecule is O=C(c1cccnc1)N1CCCn2nc(C3(c4ccccc4Cl)CCC3)cc21. The Morgan fingerprint density at radius 2 is 1.93 bits per heavy atom. The van der Waals surface area contributed by atoms with Gasteiger partial charge in [0.1, 0.15) is 5.82 Å². The standard InChI is InChI=1S/C22H21ClN4O/c23-18-8-2-1-7-17(18)22(9-4-10-22)19-14-20-26(12-5-13-27(20)25-19)21(28)16-6-3-11-24-15-16/h1-3,6-8,11,14-15H,4-5,9-10,12-13H2. The summed E-state index contributed by atoms with van der Waals surface area (Å²) in [5.41, 5.74) is 2.62. The molecule has 1 fully saturated rings. The van der Waals surface area contributed by atoms with Gasteiger partial charge >= 0.3 is 0 Å². The fraction of sp³-hybridized carbons (Fsp3) is 0.318. The number of aryl methyl sites for hydroxylation is 1. The van der Waals surface area contributed by atoms with Crippen molar-refractivity contribution in [3.05, 3.63) is 76.7 Å². The molecule has 28 heavy (non-hydrogen) atoms. The summed E-state index contributed by atoms with van der Waals surface area (Å²) in [5, 5.41) is 5.73. The van der Waals surface area contributed by atoms with E-state index < -0.39 is 0 Å². The molecular formula is C22H21ClN4O. The third kappa shape index (κ3) is 2.65. The van der Waals surface area contributed by atoms with Crippen molar-refractivity contribution >= 4 is 23.3 Å². The zero-order valence-electron chi connectivity index (χ0n) is 15.5. The first-order chi connectivity index (χ1) is 13.7. The molecule has 142 valence electrons. The number of carbonyl (C=O) groups is 1. The molecule has 2 aliphatic rings. The van der Waals surface area contributed by atoms with Gasteiger partial charge in [-0.1, -0.05) is 36.2 Å². The first kappa shape index (κ1) is 17.4. The molecule has 6 heteroatoms. The van der Waals surface area contributed by atoms with Gasteiger partial charge in [0.05, 0.1) is 11.3 Å². The van der Waals surface area contributed by atoms with Crippen LogP contribution in [0.25, 0.3) is 0 Å². The first-order valence-electron chi connectivity index (χ1n) is 9.74. The monoisotopic (exact) mass is 392 g/mol. The molecule has 0 atom stereocenters. The van der Waals surface area contributed by atoms with Crippen LogP contribution in [0.5, 0.6) is 0 Å². The molecule has 3 heterocycles. The van der Waals surface area contributed by atoms with Crippen molar-refractivity contribution in [2.75, 3.05) is 11.4 Å². The number of aromatic nitrogens is 3. The van der Waals surface area contributed by atoms with Gasteiger partial charge in [-0.2, -0.15) is 5.10 Å². The van der Waals surface area contributed by atoms with Gasteiger partial charge in [0.15, 0.2) is 0 Å². The number of nitrogens with zero attached hydrogens (tertiary/aromatic N) is 4. The Bertz CT molecular complexity index is 1030. The van der Waals surface area contributed by atoms with E-state index in [1.165, 1.54) is 0 Å². The maximum atomic E-state index is 13.1. The van der Waals surface area contributed by atoms with Crippen molar-refractivity contribution in [3.8, 4) is 0 Å². The van der Waals surface area contributed by atoms with Crippen molar-refractivity contribution in [3.63, 3.8) is 0 Å². The third-order valence-corrected chi connectivity index (χ3v) is 6.36. The highest BCUT2D eigenvalue weighted by Gasteiger charge is 2.44. The van der Waals surface area contributed by atoms with Crippen molar-refractivity contribution in [2.24, 2.45) is 0 Å². The smallest absolute Gasteiger partial charge is 0.260 e. The minimum absolute atomic E-state index is 0.0269. The van der Waals surface area contributed by atoms with E-state index in [1.54, 1.807) is 18.5 Å². The van der Waals surface area contributed by atoms with Crippen molar-refractivity contribution < 1.29 is 4.79 Å². The summed E-state index contributed by atoms with van der Waals surface area (Å²) in [6, 6.07) is 13.8. The van der Waals surface area contributed by atoms with E-state index in [-0.39, 0.29) is 11.3 Å². The van der Waals surface area contributed by atoms with E-state index >= 15 is 0 Å². The number of anilines is 1. The van der Waals surface area contributed by atoms with Crippen molar-refractivity contribution in [1.29, 1.82) is 0 Å². The maximum absolute atomic E-state index is 13.1. The molecule has 0 spiro atoms. The van der Waals surface area contributed by atoms with Crippen LogP contribution < -0.4 is 4.90 Å². The van der Waals surface area contributed by atoms with Crippen molar-refractivity contribution in [2.45, 2.75) is 37.6 Å². The largest absolute Gasteiger partial charge is 0.293 e. The number of amides is 1. The van der Waals surface area contributed by atoms with E-state index in [0.29, 0.717) is 12.1 Å². The molecular weight excluding hydrogens is 372 g/mol. The average molecular weight is 393 g/mol. The average Bonchev–Trinajstić information content (AvgIpc) is 3.13. The number of benzene rings is 1. The lowest BCUT2D eigenvalue weighted by Crippen LogP contribution is -2.37. The van der Waals surface area contributed by atoms with Crippen LogP contribution in [0.4, 0.5) is 5.82 Å². The fourth-order valence-corrected chi connectivity index (χ4v) is 4.73. The van der Waals surface area contributed by atoms with Crippen LogP contribution in [0.3, 0.4) is 0 Å². The summed E-state index contributed by atoms with van der Waals surface area (Å²) in [6.07, 6.45) is 7.41. The molecule has 0 radical (unpaired) electrons. The summed E-state index contributed by atoms with van der Waals surface area (Å²) in [5.74, 6) is 0.842. The van der Waals surface area contributed by atoms with Crippen LogP contribution >= 0.6 is 11.6 Å². The highest BCUT2D eigenvalue weighted by Crippen LogP contribution is 2.51. The second-order valence-electron chi connectivity index (χ2n) is 7.58. The lowest BCUT2D eigenvalue weighted by Gasteiger charge is -2.41. The Balaban J connectivity index is 1.55. The van der Waals surface area contributed by atoms with Gasteiger partial charge in [-0.25, -0.2) is 4.68 Å². The normalized spacial score (nSPS) is 17.7. The van der Waals surface area contributed by atoms with Gasteiger partial charge in [0.25, 0.3) is 5.91 Å². The number of hydrogen-bond donors (Lipinski definition) is 0. The van der Waals surface area contributed by atoms with Crippen LogP contribution in [0.2, 0.25) is 5.02 Å². The van der Waals surface area contributed by atoms with Gasteiger partial charge in [0.2, 0.25) is 0 Å². The number of fused-ring (bicyclic) bond motifs is 1. The van der Waals surface area contributed by atoms with Crippen LogP contribution in [0, 0.1) is 0 Å².